The second kappa shape index (κ2) is 8.18. The minimum absolute atomic E-state index is 0.0718. The Morgan fingerprint density at radius 1 is 1.24 bits per heavy atom. The van der Waals surface area contributed by atoms with E-state index in [1.165, 1.54) is 0 Å². The molecular weight excluding hydrogens is 320 g/mol. The molecule has 2 heterocycles. The molecule has 0 radical (unpaired) electrons. The number of rotatable bonds is 8. The summed E-state index contributed by atoms with van der Waals surface area (Å²) in [6.07, 6.45) is 5.67. The first kappa shape index (κ1) is 16.8. The van der Waals surface area contributed by atoms with Crippen LogP contribution >= 0.6 is 0 Å². The van der Waals surface area contributed by atoms with E-state index < -0.39 is 0 Å². The van der Waals surface area contributed by atoms with Crippen LogP contribution < -0.4 is 0 Å². The zero-order valence-electron chi connectivity index (χ0n) is 14.1. The van der Waals surface area contributed by atoms with E-state index in [1.54, 1.807) is 15.6 Å². The molecular formula is C17H20N6O2. The van der Waals surface area contributed by atoms with Crippen LogP contribution in [0.15, 0.2) is 42.7 Å². The van der Waals surface area contributed by atoms with E-state index in [0.29, 0.717) is 5.82 Å². The van der Waals surface area contributed by atoms with E-state index in [-0.39, 0.29) is 19.0 Å². The summed E-state index contributed by atoms with van der Waals surface area (Å²) in [5.74, 6) is 0.222. The average molecular weight is 340 g/mol. The van der Waals surface area contributed by atoms with Gasteiger partial charge in [0.15, 0.2) is 12.4 Å². The molecule has 0 unspecified atom stereocenters. The lowest BCUT2D eigenvalue weighted by atomic mass is 10.2. The molecule has 0 spiro atoms. The predicted octanol–water partition coefficient (Wildman–Crippen LogP) is 1.94. The van der Waals surface area contributed by atoms with Gasteiger partial charge < -0.3 is 4.74 Å². The highest BCUT2D eigenvalue weighted by Crippen LogP contribution is 2.09. The molecule has 0 aliphatic carbocycles. The Morgan fingerprint density at radius 3 is 2.88 bits per heavy atom. The molecule has 8 heteroatoms. The fraction of sp³-hybridized carbons (Fsp3) is 0.353. The third kappa shape index (κ3) is 4.50. The van der Waals surface area contributed by atoms with Gasteiger partial charge in [-0.05, 0) is 29.0 Å². The fourth-order valence-corrected chi connectivity index (χ4v) is 2.34. The Kier molecular flexibility index (Phi) is 5.50. The number of carbonyl (C=O) groups is 1. The van der Waals surface area contributed by atoms with E-state index in [1.807, 2.05) is 36.5 Å². The maximum atomic E-state index is 12.0. The monoisotopic (exact) mass is 340 g/mol. The molecule has 0 N–H and O–H groups in total. The van der Waals surface area contributed by atoms with Crippen molar-refractivity contribution in [1.82, 2.24) is 30.0 Å². The highest BCUT2D eigenvalue weighted by Gasteiger charge is 2.11. The van der Waals surface area contributed by atoms with Gasteiger partial charge in [0.1, 0.15) is 0 Å². The minimum Gasteiger partial charge on any atom is -0.457 e. The van der Waals surface area contributed by atoms with Gasteiger partial charge in [0.05, 0.1) is 18.3 Å². The quantitative estimate of drug-likeness (QED) is 0.582. The van der Waals surface area contributed by atoms with Crippen LogP contribution in [0.4, 0.5) is 0 Å². The largest absolute Gasteiger partial charge is 0.457 e. The predicted molar refractivity (Wildman–Crippen MR) is 89.8 cm³/mol. The van der Waals surface area contributed by atoms with Gasteiger partial charge in [-0.2, -0.15) is 5.10 Å². The van der Waals surface area contributed by atoms with Crippen LogP contribution in [0.5, 0.6) is 0 Å². The second-order valence-electron chi connectivity index (χ2n) is 5.64. The van der Waals surface area contributed by atoms with Crippen molar-refractivity contribution in [3.05, 3.63) is 54.1 Å². The number of aromatic nitrogens is 6. The Labute approximate surface area is 145 Å². The van der Waals surface area contributed by atoms with Crippen LogP contribution in [0, 0.1) is 0 Å². The van der Waals surface area contributed by atoms with Gasteiger partial charge in [0.25, 0.3) is 0 Å². The van der Waals surface area contributed by atoms with Crippen LogP contribution in [0.1, 0.15) is 31.2 Å². The number of esters is 1. The standard InChI is InChI=1S/C17H20N6O2/c1-2-3-9-22-16(19-20-21-22)13-25-17(24)10-14-11-18-23(12-14)15-7-5-4-6-8-15/h4-8,11-12H,2-3,9-10,13H2,1H3. The van der Waals surface area contributed by atoms with E-state index in [2.05, 4.69) is 27.5 Å². The number of nitrogens with zero attached hydrogens (tertiary/aromatic N) is 6. The molecule has 130 valence electrons. The number of aryl methyl sites for hydroxylation is 1. The smallest absolute Gasteiger partial charge is 0.310 e. The van der Waals surface area contributed by atoms with Gasteiger partial charge >= 0.3 is 5.97 Å². The first-order chi connectivity index (χ1) is 12.3. The maximum absolute atomic E-state index is 12.0. The van der Waals surface area contributed by atoms with Crippen molar-refractivity contribution in [2.24, 2.45) is 0 Å². The van der Waals surface area contributed by atoms with Crippen molar-refractivity contribution in [2.75, 3.05) is 0 Å². The van der Waals surface area contributed by atoms with Crippen molar-refractivity contribution in [1.29, 1.82) is 0 Å². The molecule has 0 saturated carbocycles. The lowest BCUT2D eigenvalue weighted by Gasteiger charge is -2.05. The molecule has 3 aromatic rings. The van der Waals surface area contributed by atoms with E-state index in [0.717, 1.165) is 30.6 Å². The number of unbranched alkanes of at least 4 members (excludes halogenated alkanes) is 1. The number of hydrogen-bond acceptors (Lipinski definition) is 6. The third-order valence-corrected chi connectivity index (χ3v) is 3.70. The number of tetrazole rings is 1. The summed E-state index contributed by atoms with van der Waals surface area (Å²) >= 11 is 0. The van der Waals surface area contributed by atoms with Crippen molar-refractivity contribution in [3.8, 4) is 5.69 Å². The lowest BCUT2D eigenvalue weighted by molar-refractivity contribution is -0.144. The average Bonchev–Trinajstić information content (AvgIpc) is 3.28. The van der Waals surface area contributed by atoms with Crippen LogP contribution in [0.3, 0.4) is 0 Å². The summed E-state index contributed by atoms with van der Waals surface area (Å²) in [5, 5.41) is 15.7. The zero-order chi connectivity index (χ0) is 17.5. The Hall–Kier alpha value is -3.03. The van der Waals surface area contributed by atoms with E-state index >= 15 is 0 Å². The molecule has 0 atom stereocenters. The number of carbonyl (C=O) groups excluding carboxylic acids is 1. The number of para-hydroxylation sites is 1. The summed E-state index contributed by atoms with van der Waals surface area (Å²) in [5.41, 5.74) is 1.73. The summed E-state index contributed by atoms with van der Waals surface area (Å²) in [7, 11) is 0. The van der Waals surface area contributed by atoms with Crippen molar-refractivity contribution in [2.45, 2.75) is 39.3 Å². The minimum atomic E-state index is -0.336. The molecule has 0 aliphatic heterocycles. The SMILES string of the molecule is CCCCn1nnnc1COC(=O)Cc1cnn(-c2ccccc2)c1. The maximum Gasteiger partial charge on any atom is 0.310 e. The molecule has 3 rings (SSSR count). The normalized spacial score (nSPS) is 10.8. The highest BCUT2D eigenvalue weighted by molar-refractivity contribution is 5.72. The van der Waals surface area contributed by atoms with Crippen molar-refractivity contribution >= 4 is 5.97 Å². The van der Waals surface area contributed by atoms with E-state index in [4.69, 9.17) is 4.74 Å². The molecule has 0 saturated heterocycles. The molecule has 25 heavy (non-hydrogen) atoms. The highest BCUT2D eigenvalue weighted by atomic mass is 16.5. The van der Waals surface area contributed by atoms with Crippen molar-refractivity contribution in [3.63, 3.8) is 0 Å². The Balaban J connectivity index is 1.53. The van der Waals surface area contributed by atoms with Gasteiger partial charge in [0.2, 0.25) is 0 Å². The Morgan fingerprint density at radius 2 is 2.08 bits per heavy atom. The summed E-state index contributed by atoms with van der Waals surface area (Å²) in [6.45, 7) is 2.89. The third-order valence-electron chi connectivity index (χ3n) is 3.70. The molecule has 0 fully saturated rings. The lowest BCUT2D eigenvalue weighted by Crippen LogP contribution is -2.12. The molecule has 0 aliphatic rings. The van der Waals surface area contributed by atoms with Crippen LogP contribution in [0.25, 0.3) is 5.69 Å². The molecule has 0 amide bonds. The molecule has 1 aromatic carbocycles. The van der Waals surface area contributed by atoms with Gasteiger partial charge in [-0.15, -0.1) is 5.10 Å². The topological polar surface area (TPSA) is 87.7 Å². The van der Waals surface area contributed by atoms with Gasteiger partial charge in [0, 0.05) is 18.3 Å². The molecule has 2 aromatic heterocycles. The van der Waals surface area contributed by atoms with Crippen LogP contribution in [-0.2, 0) is 29.1 Å². The number of ether oxygens (including phenoxy) is 1. The first-order valence-electron chi connectivity index (χ1n) is 8.26. The van der Waals surface area contributed by atoms with Gasteiger partial charge in [-0.3, -0.25) is 4.79 Å². The van der Waals surface area contributed by atoms with E-state index in [9.17, 15) is 4.79 Å². The molecule has 0 bridgehead atoms. The summed E-state index contributed by atoms with van der Waals surface area (Å²) in [6, 6.07) is 9.72. The first-order valence-corrected chi connectivity index (χ1v) is 8.26. The van der Waals surface area contributed by atoms with Crippen LogP contribution in [-0.4, -0.2) is 36.0 Å². The molecule has 8 nitrogen and oxygen atoms in total. The second-order valence-corrected chi connectivity index (χ2v) is 5.64. The summed E-state index contributed by atoms with van der Waals surface area (Å²) in [4.78, 5) is 12.0. The van der Waals surface area contributed by atoms with Crippen LogP contribution in [0.2, 0.25) is 0 Å². The Bertz CT molecular complexity index is 811. The zero-order valence-corrected chi connectivity index (χ0v) is 14.1. The van der Waals surface area contributed by atoms with Crippen molar-refractivity contribution < 1.29 is 9.53 Å². The van der Waals surface area contributed by atoms with Gasteiger partial charge in [-0.1, -0.05) is 31.5 Å². The number of benzene rings is 1. The summed E-state index contributed by atoms with van der Waals surface area (Å²) < 4.78 is 8.69. The number of hydrogen-bond donors (Lipinski definition) is 0. The van der Waals surface area contributed by atoms with Gasteiger partial charge in [-0.25, -0.2) is 9.36 Å². The fourth-order valence-electron chi connectivity index (χ4n) is 2.34.